The van der Waals surface area contributed by atoms with Crippen molar-refractivity contribution in [1.82, 2.24) is 5.32 Å². The van der Waals surface area contributed by atoms with Crippen LogP contribution in [0.5, 0.6) is 5.75 Å². The van der Waals surface area contributed by atoms with E-state index in [1.165, 1.54) is 11.1 Å². The maximum Gasteiger partial charge on any atom is 0.414 e. The number of rotatable bonds is 6. The van der Waals surface area contributed by atoms with Crippen molar-refractivity contribution in [2.24, 2.45) is 0 Å². The van der Waals surface area contributed by atoms with Gasteiger partial charge in [-0.1, -0.05) is 53.9 Å². The van der Waals surface area contributed by atoms with Crippen LogP contribution in [0.4, 0.5) is 0 Å². The number of aryl methyl sites for hydroxylation is 1. The Kier molecular flexibility index (Phi) is 9.01. The van der Waals surface area contributed by atoms with Crippen LogP contribution in [0.2, 0.25) is 0 Å². The van der Waals surface area contributed by atoms with Crippen LogP contribution in [0, 0.1) is 19.3 Å². The van der Waals surface area contributed by atoms with Crippen molar-refractivity contribution in [2.75, 3.05) is 6.61 Å². The molecule has 0 atom stereocenters. The molecule has 2 rings (SSSR count). The standard InChI is InChI=1S/C18H19NO.C2H2O4/c1-3-12-20-18-7-5-4-6-17(18)14-19-13-16-10-8-15(2)9-11-16;3-1(4)2(5)6/h1,4-11,19H,12-14H2,2H3;(H,3,4)(H,5,6). The van der Waals surface area contributed by atoms with Gasteiger partial charge in [-0.3, -0.25) is 0 Å². The summed E-state index contributed by atoms with van der Waals surface area (Å²) < 4.78 is 5.53. The Morgan fingerprint density at radius 2 is 1.65 bits per heavy atom. The van der Waals surface area contributed by atoms with Gasteiger partial charge in [0.25, 0.3) is 0 Å². The van der Waals surface area contributed by atoms with E-state index in [2.05, 4.69) is 42.4 Å². The molecule has 0 aliphatic carbocycles. The van der Waals surface area contributed by atoms with E-state index in [0.29, 0.717) is 6.61 Å². The Bertz CT molecular complexity index is 751. The van der Waals surface area contributed by atoms with Crippen LogP contribution in [0.15, 0.2) is 48.5 Å². The molecule has 2 aromatic rings. The van der Waals surface area contributed by atoms with Crippen LogP contribution in [0.3, 0.4) is 0 Å². The highest BCUT2D eigenvalue weighted by Gasteiger charge is 2.04. The number of terminal acetylenes is 1. The fourth-order valence-electron chi connectivity index (χ4n) is 1.96. The molecule has 6 nitrogen and oxygen atoms in total. The number of nitrogens with one attached hydrogen (secondary N) is 1. The molecule has 0 spiro atoms. The number of hydrogen-bond acceptors (Lipinski definition) is 4. The summed E-state index contributed by atoms with van der Waals surface area (Å²) in [6.07, 6.45) is 5.22. The highest BCUT2D eigenvalue weighted by Crippen LogP contribution is 2.17. The third-order valence-corrected chi connectivity index (χ3v) is 3.23. The van der Waals surface area contributed by atoms with Crippen LogP contribution in [0.1, 0.15) is 16.7 Å². The van der Waals surface area contributed by atoms with Crippen LogP contribution >= 0.6 is 0 Å². The van der Waals surface area contributed by atoms with Crippen molar-refractivity contribution in [3.05, 3.63) is 65.2 Å². The Morgan fingerprint density at radius 1 is 1.04 bits per heavy atom. The van der Waals surface area contributed by atoms with Gasteiger partial charge in [0.1, 0.15) is 12.4 Å². The Labute approximate surface area is 152 Å². The lowest BCUT2D eigenvalue weighted by atomic mass is 10.1. The molecule has 0 bridgehead atoms. The molecule has 0 aliphatic rings. The summed E-state index contributed by atoms with van der Waals surface area (Å²) in [4.78, 5) is 18.2. The van der Waals surface area contributed by atoms with Crippen LogP contribution in [-0.4, -0.2) is 28.8 Å². The first-order valence-electron chi connectivity index (χ1n) is 7.80. The lowest BCUT2D eigenvalue weighted by Gasteiger charge is -2.10. The molecule has 3 N–H and O–H groups in total. The lowest BCUT2D eigenvalue weighted by Crippen LogP contribution is -2.13. The minimum Gasteiger partial charge on any atom is -0.481 e. The molecule has 0 fully saturated rings. The Balaban J connectivity index is 0.000000487. The molecule has 0 amide bonds. The molecule has 0 aliphatic heterocycles. The third-order valence-electron chi connectivity index (χ3n) is 3.23. The molecule has 0 saturated heterocycles. The van der Waals surface area contributed by atoms with Crippen LogP contribution in [-0.2, 0) is 22.7 Å². The summed E-state index contributed by atoms with van der Waals surface area (Å²) in [7, 11) is 0. The fraction of sp³-hybridized carbons (Fsp3) is 0.200. The zero-order valence-electron chi connectivity index (χ0n) is 14.4. The van der Waals surface area contributed by atoms with Gasteiger partial charge in [-0.25, -0.2) is 9.59 Å². The van der Waals surface area contributed by atoms with Gasteiger partial charge < -0.3 is 20.3 Å². The first kappa shape index (κ1) is 20.7. The van der Waals surface area contributed by atoms with Gasteiger partial charge in [0.15, 0.2) is 0 Å². The molecule has 0 unspecified atom stereocenters. The monoisotopic (exact) mass is 355 g/mol. The van der Waals surface area contributed by atoms with E-state index in [4.69, 9.17) is 31.0 Å². The SMILES string of the molecule is C#CCOc1ccccc1CNCc1ccc(C)cc1.O=C(O)C(=O)O. The summed E-state index contributed by atoms with van der Waals surface area (Å²) in [6, 6.07) is 16.5. The Morgan fingerprint density at radius 3 is 2.23 bits per heavy atom. The summed E-state index contributed by atoms with van der Waals surface area (Å²) in [5, 5.41) is 18.2. The van der Waals surface area contributed by atoms with E-state index in [1.807, 2.05) is 24.3 Å². The number of hydrogen-bond donors (Lipinski definition) is 3. The molecule has 0 aromatic heterocycles. The van der Waals surface area contributed by atoms with Gasteiger partial charge in [-0.05, 0) is 18.6 Å². The molecular formula is C20H21NO5. The van der Waals surface area contributed by atoms with E-state index in [9.17, 15) is 0 Å². The summed E-state index contributed by atoms with van der Waals surface area (Å²) in [6.45, 7) is 3.99. The van der Waals surface area contributed by atoms with Crippen molar-refractivity contribution in [3.8, 4) is 18.1 Å². The molecule has 136 valence electrons. The van der Waals surface area contributed by atoms with E-state index in [1.54, 1.807) is 0 Å². The maximum absolute atomic E-state index is 9.10. The van der Waals surface area contributed by atoms with Crippen LogP contribution < -0.4 is 10.1 Å². The minimum atomic E-state index is -1.82. The molecule has 6 heteroatoms. The highest BCUT2D eigenvalue weighted by molar-refractivity contribution is 6.27. The fourth-order valence-corrected chi connectivity index (χ4v) is 1.96. The summed E-state index contributed by atoms with van der Waals surface area (Å²) >= 11 is 0. The van der Waals surface area contributed by atoms with E-state index in [0.717, 1.165) is 24.4 Å². The minimum absolute atomic E-state index is 0.301. The number of carboxylic acids is 2. The second-order valence-electron chi connectivity index (χ2n) is 5.30. The van der Waals surface area contributed by atoms with Crippen molar-refractivity contribution >= 4 is 11.9 Å². The lowest BCUT2D eigenvalue weighted by molar-refractivity contribution is -0.159. The average Bonchev–Trinajstić information content (AvgIpc) is 2.63. The zero-order chi connectivity index (χ0) is 19.4. The number of para-hydroxylation sites is 1. The number of aliphatic carboxylic acids is 2. The van der Waals surface area contributed by atoms with Gasteiger partial charge >= 0.3 is 11.9 Å². The van der Waals surface area contributed by atoms with Crippen molar-refractivity contribution < 1.29 is 24.5 Å². The van der Waals surface area contributed by atoms with E-state index < -0.39 is 11.9 Å². The summed E-state index contributed by atoms with van der Waals surface area (Å²) in [5.41, 5.74) is 3.68. The topological polar surface area (TPSA) is 95.9 Å². The normalized spacial score (nSPS) is 9.38. The van der Waals surface area contributed by atoms with E-state index >= 15 is 0 Å². The predicted molar refractivity (Wildman–Crippen MR) is 97.8 cm³/mol. The van der Waals surface area contributed by atoms with Gasteiger partial charge in [0.2, 0.25) is 0 Å². The quantitative estimate of drug-likeness (QED) is 0.544. The number of carbonyl (C=O) groups is 2. The molecule has 26 heavy (non-hydrogen) atoms. The van der Waals surface area contributed by atoms with Gasteiger partial charge in [-0.2, -0.15) is 0 Å². The third kappa shape index (κ3) is 7.99. The number of ether oxygens (including phenoxy) is 1. The molecule has 0 radical (unpaired) electrons. The molecule has 0 saturated carbocycles. The highest BCUT2D eigenvalue weighted by atomic mass is 16.5. The first-order chi connectivity index (χ1) is 12.4. The first-order valence-corrected chi connectivity index (χ1v) is 7.80. The summed E-state index contributed by atoms with van der Waals surface area (Å²) in [5.74, 6) is -0.311. The molecular weight excluding hydrogens is 334 g/mol. The number of carboxylic acid groups (broad SMARTS) is 2. The average molecular weight is 355 g/mol. The number of benzene rings is 2. The van der Waals surface area contributed by atoms with Gasteiger partial charge in [0, 0.05) is 18.7 Å². The van der Waals surface area contributed by atoms with Crippen LogP contribution in [0.25, 0.3) is 0 Å². The van der Waals surface area contributed by atoms with Gasteiger partial charge in [0.05, 0.1) is 0 Å². The second-order valence-corrected chi connectivity index (χ2v) is 5.30. The van der Waals surface area contributed by atoms with Crippen molar-refractivity contribution in [1.29, 1.82) is 0 Å². The van der Waals surface area contributed by atoms with E-state index in [-0.39, 0.29) is 0 Å². The van der Waals surface area contributed by atoms with Gasteiger partial charge in [-0.15, -0.1) is 6.42 Å². The Hall–Kier alpha value is -3.30. The maximum atomic E-state index is 9.10. The molecule has 2 aromatic carbocycles. The zero-order valence-corrected chi connectivity index (χ0v) is 14.4. The molecule has 0 heterocycles. The predicted octanol–water partition coefficient (Wildman–Crippen LogP) is 2.45. The van der Waals surface area contributed by atoms with Crippen molar-refractivity contribution in [3.63, 3.8) is 0 Å². The smallest absolute Gasteiger partial charge is 0.414 e. The largest absolute Gasteiger partial charge is 0.481 e. The van der Waals surface area contributed by atoms with Crippen molar-refractivity contribution in [2.45, 2.75) is 20.0 Å². The second kappa shape index (κ2) is 11.3.